The summed E-state index contributed by atoms with van der Waals surface area (Å²) in [5.41, 5.74) is 6.73. The Hall–Kier alpha value is -2.08. The maximum absolute atomic E-state index is 5.47. The lowest BCUT2D eigenvalue weighted by molar-refractivity contribution is 0.476. The molecule has 1 aromatic heterocycles. The van der Waals surface area contributed by atoms with Gasteiger partial charge in [-0.15, -0.1) is 5.10 Å². The monoisotopic (exact) mass is 259 g/mol. The van der Waals surface area contributed by atoms with Crippen molar-refractivity contribution < 1.29 is 4.42 Å². The average molecular weight is 259 g/mol. The number of piperazine rings is 1. The largest absolute Gasteiger partial charge is 0.407 e. The number of nitrogens with zero attached hydrogens (tertiary/aromatic N) is 4. The summed E-state index contributed by atoms with van der Waals surface area (Å²) in [6.07, 6.45) is 0. The molecule has 1 aromatic carbocycles. The van der Waals surface area contributed by atoms with E-state index in [1.54, 1.807) is 0 Å². The van der Waals surface area contributed by atoms with Gasteiger partial charge in [-0.2, -0.15) is 0 Å². The highest BCUT2D eigenvalue weighted by Crippen LogP contribution is 2.19. The molecule has 2 aromatic rings. The average Bonchev–Trinajstić information content (AvgIpc) is 2.97. The third-order valence-electron chi connectivity index (χ3n) is 3.30. The second-order valence-electron chi connectivity index (χ2n) is 4.49. The molecule has 1 fully saturated rings. The standard InChI is InChI=1S/C13H17N5O/c14-10-12-15-16-13(19-12)18-8-6-17(7-9-18)11-4-2-1-3-5-11/h1-5H,6-10,14H2. The molecule has 2 N–H and O–H groups in total. The van der Waals surface area contributed by atoms with Crippen molar-refractivity contribution in [1.29, 1.82) is 0 Å². The highest BCUT2D eigenvalue weighted by atomic mass is 16.4. The number of rotatable bonds is 3. The van der Waals surface area contributed by atoms with Gasteiger partial charge in [0, 0.05) is 31.9 Å². The minimum atomic E-state index is 0.289. The molecule has 0 spiro atoms. The SMILES string of the molecule is NCc1nnc(N2CCN(c3ccccc3)CC2)o1. The van der Waals surface area contributed by atoms with Gasteiger partial charge in [-0.05, 0) is 12.1 Å². The molecular formula is C13H17N5O. The van der Waals surface area contributed by atoms with E-state index in [0.717, 1.165) is 26.2 Å². The van der Waals surface area contributed by atoms with Gasteiger partial charge in [0.15, 0.2) is 0 Å². The normalized spacial score (nSPS) is 15.8. The van der Waals surface area contributed by atoms with Crippen LogP contribution in [0.1, 0.15) is 5.89 Å². The van der Waals surface area contributed by atoms with Gasteiger partial charge in [-0.3, -0.25) is 0 Å². The highest BCUT2D eigenvalue weighted by Gasteiger charge is 2.21. The first-order chi connectivity index (χ1) is 9.36. The Balaban J connectivity index is 1.63. The topological polar surface area (TPSA) is 71.4 Å². The lowest BCUT2D eigenvalue weighted by Crippen LogP contribution is -2.46. The Morgan fingerprint density at radius 3 is 2.32 bits per heavy atom. The van der Waals surface area contributed by atoms with Crippen LogP contribution >= 0.6 is 0 Å². The fourth-order valence-electron chi connectivity index (χ4n) is 2.25. The van der Waals surface area contributed by atoms with Crippen LogP contribution in [-0.2, 0) is 6.54 Å². The molecule has 0 atom stereocenters. The van der Waals surface area contributed by atoms with Crippen molar-refractivity contribution in [2.75, 3.05) is 36.0 Å². The molecule has 1 aliphatic rings. The van der Waals surface area contributed by atoms with Gasteiger partial charge in [0.1, 0.15) is 0 Å². The molecular weight excluding hydrogens is 242 g/mol. The molecule has 0 radical (unpaired) electrons. The molecule has 2 heterocycles. The Morgan fingerprint density at radius 1 is 1.00 bits per heavy atom. The maximum Gasteiger partial charge on any atom is 0.318 e. The summed E-state index contributed by atoms with van der Waals surface area (Å²) in [6, 6.07) is 11.0. The molecule has 6 nitrogen and oxygen atoms in total. The van der Waals surface area contributed by atoms with E-state index in [1.807, 2.05) is 6.07 Å². The van der Waals surface area contributed by atoms with Gasteiger partial charge >= 0.3 is 6.01 Å². The van der Waals surface area contributed by atoms with Crippen molar-refractivity contribution >= 4 is 11.7 Å². The van der Waals surface area contributed by atoms with E-state index in [4.69, 9.17) is 10.2 Å². The molecule has 1 aliphatic heterocycles. The van der Waals surface area contributed by atoms with Crippen molar-refractivity contribution in [3.05, 3.63) is 36.2 Å². The molecule has 0 aliphatic carbocycles. The minimum absolute atomic E-state index is 0.289. The molecule has 6 heteroatoms. The van der Waals surface area contributed by atoms with E-state index < -0.39 is 0 Å². The van der Waals surface area contributed by atoms with Crippen molar-refractivity contribution in [2.24, 2.45) is 5.73 Å². The highest BCUT2D eigenvalue weighted by molar-refractivity contribution is 5.47. The quantitative estimate of drug-likeness (QED) is 0.881. The van der Waals surface area contributed by atoms with Crippen molar-refractivity contribution in [1.82, 2.24) is 10.2 Å². The van der Waals surface area contributed by atoms with E-state index in [2.05, 4.69) is 44.3 Å². The number of anilines is 2. The predicted molar refractivity (Wildman–Crippen MR) is 73.1 cm³/mol. The van der Waals surface area contributed by atoms with E-state index in [-0.39, 0.29) is 6.54 Å². The Kier molecular flexibility index (Phi) is 3.33. The summed E-state index contributed by atoms with van der Waals surface area (Å²) in [5, 5.41) is 7.91. The third-order valence-corrected chi connectivity index (χ3v) is 3.30. The van der Waals surface area contributed by atoms with E-state index >= 15 is 0 Å². The zero-order chi connectivity index (χ0) is 13.1. The second-order valence-corrected chi connectivity index (χ2v) is 4.49. The lowest BCUT2D eigenvalue weighted by Gasteiger charge is -2.35. The van der Waals surface area contributed by atoms with Crippen molar-refractivity contribution in [3.63, 3.8) is 0 Å². The summed E-state index contributed by atoms with van der Waals surface area (Å²) < 4.78 is 5.47. The summed E-state index contributed by atoms with van der Waals surface area (Å²) in [5.74, 6) is 0.487. The van der Waals surface area contributed by atoms with E-state index in [1.165, 1.54) is 5.69 Å². The maximum atomic E-state index is 5.47. The van der Waals surface area contributed by atoms with Crippen molar-refractivity contribution in [2.45, 2.75) is 6.54 Å². The third kappa shape index (κ3) is 2.53. The van der Waals surface area contributed by atoms with Gasteiger partial charge < -0.3 is 20.0 Å². The van der Waals surface area contributed by atoms with Crippen LogP contribution in [0.3, 0.4) is 0 Å². The zero-order valence-electron chi connectivity index (χ0n) is 10.7. The molecule has 0 unspecified atom stereocenters. The fraction of sp³-hybridized carbons (Fsp3) is 0.385. The van der Waals surface area contributed by atoms with Gasteiger partial charge in [-0.1, -0.05) is 23.3 Å². The van der Waals surface area contributed by atoms with Crippen LogP contribution in [0.5, 0.6) is 0 Å². The number of hydrogen-bond acceptors (Lipinski definition) is 6. The Labute approximate surface area is 111 Å². The minimum Gasteiger partial charge on any atom is -0.407 e. The first-order valence-electron chi connectivity index (χ1n) is 6.44. The van der Waals surface area contributed by atoms with Crippen LogP contribution < -0.4 is 15.5 Å². The summed E-state index contributed by atoms with van der Waals surface area (Å²) in [7, 11) is 0. The number of benzene rings is 1. The Bertz CT molecular complexity index is 519. The molecule has 100 valence electrons. The number of para-hydroxylation sites is 1. The zero-order valence-corrected chi connectivity index (χ0v) is 10.7. The van der Waals surface area contributed by atoms with Crippen LogP contribution in [-0.4, -0.2) is 36.4 Å². The van der Waals surface area contributed by atoms with Gasteiger partial charge in [0.2, 0.25) is 5.89 Å². The first kappa shape index (κ1) is 12.0. The number of aromatic nitrogens is 2. The lowest BCUT2D eigenvalue weighted by atomic mass is 10.2. The van der Waals surface area contributed by atoms with E-state index in [0.29, 0.717) is 11.9 Å². The van der Waals surface area contributed by atoms with Gasteiger partial charge in [0.05, 0.1) is 6.54 Å². The van der Waals surface area contributed by atoms with Crippen LogP contribution in [0.2, 0.25) is 0 Å². The Morgan fingerprint density at radius 2 is 1.68 bits per heavy atom. The number of hydrogen-bond donors (Lipinski definition) is 1. The first-order valence-corrected chi connectivity index (χ1v) is 6.44. The van der Waals surface area contributed by atoms with E-state index in [9.17, 15) is 0 Å². The molecule has 0 bridgehead atoms. The van der Waals surface area contributed by atoms with Crippen LogP contribution in [0, 0.1) is 0 Å². The molecule has 0 saturated carbocycles. The second kappa shape index (κ2) is 5.27. The summed E-state index contributed by atoms with van der Waals surface area (Å²) in [6.45, 7) is 3.94. The molecule has 19 heavy (non-hydrogen) atoms. The molecule has 3 rings (SSSR count). The fourth-order valence-corrected chi connectivity index (χ4v) is 2.25. The van der Waals surface area contributed by atoms with Crippen LogP contribution in [0.4, 0.5) is 11.7 Å². The summed E-state index contributed by atoms with van der Waals surface area (Å²) in [4.78, 5) is 4.46. The predicted octanol–water partition coefficient (Wildman–Crippen LogP) is 0.855. The van der Waals surface area contributed by atoms with Crippen LogP contribution in [0.15, 0.2) is 34.7 Å². The smallest absolute Gasteiger partial charge is 0.318 e. The summed E-state index contributed by atoms with van der Waals surface area (Å²) >= 11 is 0. The molecule has 1 saturated heterocycles. The van der Waals surface area contributed by atoms with Crippen LogP contribution in [0.25, 0.3) is 0 Å². The van der Waals surface area contributed by atoms with Gasteiger partial charge in [-0.25, -0.2) is 0 Å². The van der Waals surface area contributed by atoms with Gasteiger partial charge in [0.25, 0.3) is 0 Å². The molecule has 0 amide bonds. The number of nitrogens with two attached hydrogens (primary N) is 1. The van der Waals surface area contributed by atoms with Crippen molar-refractivity contribution in [3.8, 4) is 0 Å².